The van der Waals surface area contributed by atoms with Crippen LogP contribution in [0.4, 0.5) is 0 Å². The molecule has 1 N–H and O–H groups in total. The van der Waals surface area contributed by atoms with Crippen LogP contribution in [0.25, 0.3) is 10.8 Å². The van der Waals surface area contributed by atoms with Gasteiger partial charge in [-0.05, 0) is 17.5 Å². The van der Waals surface area contributed by atoms with Crippen LogP contribution in [-0.2, 0) is 6.54 Å². The van der Waals surface area contributed by atoms with Crippen molar-refractivity contribution in [3.8, 4) is 0 Å². The normalized spacial score (nSPS) is 10.7. The largest absolute Gasteiger partial charge is 0.424 e. The maximum Gasteiger partial charge on any atom is 0.344 e. The Kier molecular flexibility index (Phi) is 3.23. The first-order valence-electron chi connectivity index (χ1n) is 6.23. The summed E-state index contributed by atoms with van der Waals surface area (Å²) in [5, 5.41) is 11.0. The summed E-state index contributed by atoms with van der Waals surface area (Å²) in [7, 11) is 0. The zero-order chi connectivity index (χ0) is 14.8. The van der Waals surface area contributed by atoms with E-state index in [0.29, 0.717) is 16.7 Å². The number of hydrogen-bond acceptors (Lipinski definition) is 6. The molecule has 21 heavy (non-hydrogen) atoms. The van der Waals surface area contributed by atoms with E-state index in [0.717, 1.165) is 0 Å². The third-order valence-corrected chi connectivity index (χ3v) is 2.86. The van der Waals surface area contributed by atoms with Crippen LogP contribution in [0, 0.1) is 6.92 Å². The molecule has 7 nitrogen and oxygen atoms in total. The Morgan fingerprint density at radius 3 is 2.81 bits per heavy atom. The highest BCUT2D eigenvalue weighted by molar-refractivity contribution is 5.95. The predicted molar refractivity (Wildman–Crippen MR) is 72.7 cm³/mol. The lowest BCUT2D eigenvalue weighted by Crippen LogP contribution is -2.24. The third-order valence-electron chi connectivity index (χ3n) is 2.86. The molecule has 0 spiro atoms. The quantitative estimate of drug-likeness (QED) is 0.781. The Labute approximate surface area is 118 Å². The summed E-state index contributed by atoms with van der Waals surface area (Å²) in [6.45, 7) is 1.72. The van der Waals surface area contributed by atoms with Gasteiger partial charge in [0, 0.05) is 6.92 Å². The topological polar surface area (TPSA) is 98.2 Å². The molecule has 0 aliphatic rings. The Morgan fingerprint density at radius 1 is 1.24 bits per heavy atom. The van der Waals surface area contributed by atoms with Crippen LogP contribution in [-0.4, -0.2) is 16.1 Å². The van der Waals surface area contributed by atoms with Crippen molar-refractivity contribution >= 4 is 16.7 Å². The molecule has 1 amide bonds. The maximum atomic E-state index is 12.0. The van der Waals surface area contributed by atoms with Gasteiger partial charge in [-0.25, -0.2) is 4.79 Å². The number of carbonyl (C=O) groups is 1. The van der Waals surface area contributed by atoms with Crippen molar-refractivity contribution in [2.24, 2.45) is 0 Å². The summed E-state index contributed by atoms with van der Waals surface area (Å²) in [4.78, 5) is 23.8. The number of nitrogens with one attached hydrogen (secondary N) is 1. The van der Waals surface area contributed by atoms with Crippen LogP contribution in [0.2, 0.25) is 0 Å². The molecule has 0 aliphatic heterocycles. The van der Waals surface area contributed by atoms with Crippen molar-refractivity contribution in [2.75, 3.05) is 0 Å². The van der Waals surface area contributed by atoms with Gasteiger partial charge in [-0.3, -0.25) is 4.79 Å². The van der Waals surface area contributed by atoms with Gasteiger partial charge in [0.25, 0.3) is 5.91 Å². The van der Waals surface area contributed by atoms with Gasteiger partial charge in [-0.2, -0.15) is 0 Å². The van der Waals surface area contributed by atoms with Crippen LogP contribution in [0.3, 0.4) is 0 Å². The van der Waals surface area contributed by atoms with Crippen molar-refractivity contribution < 1.29 is 13.6 Å². The SMILES string of the molecule is Cc1nnc(CNC(=O)c2cc3ccccc3c(=O)o2)o1. The maximum absolute atomic E-state index is 12.0. The van der Waals surface area contributed by atoms with E-state index >= 15 is 0 Å². The first-order valence-corrected chi connectivity index (χ1v) is 6.23. The van der Waals surface area contributed by atoms with Crippen molar-refractivity contribution in [1.82, 2.24) is 15.5 Å². The van der Waals surface area contributed by atoms with E-state index in [1.807, 2.05) is 0 Å². The highest BCUT2D eigenvalue weighted by Gasteiger charge is 2.13. The van der Waals surface area contributed by atoms with Crippen LogP contribution in [0.15, 0.2) is 44.0 Å². The Morgan fingerprint density at radius 2 is 2.05 bits per heavy atom. The van der Waals surface area contributed by atoms with Gasteiger partial charge in [0.05, 0.1) is 11.9 Å². The molecular formula is C14H11N3O4. The van der Waals surface area contributed by atoms with Gasteiger partial charge in [-0.1, -0.05) is 18.2 Å². The number of hydrogen-bond donors (Lipinski definition) is 1. The van der Waals surface area contributed by atoms with Gasteiger partial charge < -0.3 is 14.2 Å². The van der Waals surface area contributed by atoms with Crippen molar-refractivity contribution in [3.63, 3.8) is 0 Å². The number of aryl methyl sites for hydroxylation is 1. The fraction of sp³-hybridized carbons (Fsp3) is 0.143. The summed E-state index contributed by atoms with van der Waals surface area (Å²) < 4.78 is 10.1. The number of benzene rings is 1. The van der Waals surface area contributed by atoms with Crippen molar-refractivity contribution in [3.05, 3.63) is 58.3 Å². The monoisotopic (exact) mass is 285 g/mol. The van der Waals surface area contributed by atoms with Crippen LogP contribution >= 0.6 is 0 Å². The van der Waals surface area contributed by atoms with Gasteiger partial charge in [-0.15, -0.1) is 10.2 Å². The molecule has 0 radical (unpaired) electrons. The summed E-state index contributed by atoms with van der Waals surface area (Å²) in [6.07, 6.45) is 0. The number of carbonyl (C=O) groups excluding carboxylic acids is 1. The number of amides is 1. The lowest BCUT2D eigenvalue weighted by atomic mass is 10.1. The van der Waals surface area contributed by atoms with Crippen LogP contribution in [0.1, 0.15) is 22.3 Å². The second-order valence-corrected chi connectivity index (χ2v) is 4.38. The van der Waals surface area contributed by atoms with E-state index in [-0.39, 0.29) is 18.2 Å². The second kappa shape index (κ2) is 5.20. The molecule has 1 aromatic carbocycles. The highest BCUT2D eigenvalue weighted by Crippen LogP contribution is 2.11. The predicted octanol–water partition coefficient (Wildman–Crippen LogP) is 1.41. The molecule has 0 bridgehead atoms. The fourth-order valence-corrected chi connectivity index (χ4v) is 1.90. The molecular weight excluding hydrogens is 274 g/mol. The van der Waals surface area contributed by atoms with Crippen LogP contribution < -0.4 is 10.9 Å². The number of fused-ring (bicyclic) bond motifs is 1. The molecule has 0 aliphatic carbocycles. The molecule has 0 atom stereocenters. The molecule has 0 unspecified atom stereocenters. The second-order valence-electron chi connectivity index (χ2n) is 4.38. The molecule has 106 valence electrons. The van der Waals surface area contributed by atoms with Crippen LogP contribution in [0.5, 0.6) is 0 Å². The number of aromatic nitrogens is 2. The Balaban J connectivity index is 1.83. The molecule has 0 saturated heterocycles. The van der Waals surface area contributed by atoms with E-state index in [1.54, 1.807) is 31.2 Å². The average Bonchev–Trinajstić information content (AvgIpc) is 2.90. The molecule has 7 heteroatoms. The zero-order valence-electron chi connectivity index (χ0n) is 11.1. The molecule has 2 heterocycles. The molecule has 3 rings (SSSR count). The van der Waals surface area contributed by atoms with E-state index in [1.165, 1.54) is 6.07 Å². The fourth-order valence-electron chi connectivity index (χ4n) is 1.90. The minimum Gasteiger partial charge on any atom is -0.424 e. The number of rotatable bonds is 3. The number of nitrogens with zero attached hydrogens (tertiary/aromatic N) is 2. The van der Waals surface area contributed by atoms with E-state index in [2.05, 4.69) is 15.5 Å². The highest BCUT2D eigenvalue weighted by atomic mass is 16.4. The smallest absolute Gasteiger partial charge is 0.344 e. The molecule has 0 saturated carbocycles. The Bertz CT molecular complexity index is 866. The summed E-state index contributed by atoms with van der Waals surface area (Å²) in [5.41, 5.74) is -0.549. The molecule has 3 aromatic rings. The Hall–Kier alpha value is -2.96. The van der Waals surface area contributed by atoms with E-state index in [9.17, 15) is 9.59 Å². The first kappa shape index (κ1) is 13.0. The summed E-state index contributed by atoms with van der Waals surface area (Å²) in [5.74, 6) is 0.115. The average molecular weight is 285 g/mol. The summed E-state index contributed by atoms with van der Waals surface area (Å²) >= 11 is 0. The zero-order valence-corrected chi connectivity index (χ0v) is 11.1. The van der Waals surface area contributed by atoms with E-state index in [4.69, 9.17) is 8.83 Å². The molecule has 0 fully saturated rings. The van der Waals surface area contributed by atoms with Gasteiger partial charge in [0.1, 0.15) is 0 Å². The lowest BCUT2D eigenvalue weighted by Gasteiger charge is -2.02. The van der Waals surface area contributed by atoms with E-state index < -0.39 is 11.5 Å². The van der Waals surface area contributed by atoms with Gasteiger partial charge >= 0.3 is 5.63 Å². The van der Waals surface area contributed by atoms with Gasteiger partial charge in [0.2, 0.25) is 11.8 Å². The first-order chi connectivity index (χ1) is 10.1. The summed E-state index contributed by atoms with van der Waals surface area (Å²) in [6, 6.07) is 8.42. The van der Waals surface area contributed by atoms with Crippen molar-refractivity contribution in [2.45, 2.75) is 13.5 Å². The standard InChI is InChI=1S/C14H11N3O4/c1-8-16-17-12(20-8)7-15-13(18)11-6-9-4-2-3-5-10(9)14(19)21-11/h2-6H,7H2,1H3,(H,15,18). The minimum absolute atomic E-state index is 0.0602. The van der Waals surface area contributed by atoms with Crippen molar-refractivity contribution in [1.29, 1.82) is 0 Å². The minimum atomic E-state index is -0.549. The third kappa shape index (κ3) is 2.66. The molecule has 2 aromatic heterocycles. The lowest BCUT2D eigenvalue weighted by molar-refractivity contribution is 0.0915. The van der Waals surface area contributed by atoms with Gasteiger partial charge in [0.15, 0.2) is 5.76 Å².